The molecule has 17 heavy (non-hydrogen) atoms. The van der Waals surface area contributed by atoms with E-state index in [9.17, 15) is 4.79 Å². The van der Waals surface area contributed by atoms with Gasteiger partial charge in [-0.15, -0.1) is 6.58 Å². The first-order valence-electron chi connectivity index (χ1n) is 6.25. The summed E-state index contributed by atoms with van der Waals surface area (Å²) in [6.07, 6.45) is 3.69. The van der Waals surface area contributed by atoms with E-state index in [0.29, 0.717) is 0 Å². The van der Waals surface area contributed by atoms with Gasteiger partial charge in [-0.25, -0.2) is 4.79 Å². The number of rotatable bonds is 1. The SMILES string of the molecule is C=CC12CCC(CNC1)N2C(=O)OC(C)(C)C. The Hall–Kier alpha value is -1.03. The summed E-state index contributed by atoms with van der Waals surface area (Å²) < 4.78 is 5.50. The number of nitrogens with one attached hydrogen (secondary N) is 1. The minimum Gasteiger partial charge on any atom is -0.444 e. The molecule has 0 aliphatic carbocycles. The molecule has 2 aliphatic heterocycles. The molecule has 1 amide bonds. The van der Waals surface area contributed by atoms with Crippen LogP contribution in [0.25, 0.3) is 0 Å². The second kappa shape index (κ2) is 4.02. The highest BCUT2D eigenvalue weighted by molar-refractivity contribution is 5.71. The minimum absolute atomic E-state index is 0.207. The second-order valence-electron chi connectivity index (χ2n) is 5.98. The van der Waals surface area contributed by atoms with Gasteiger partial charge in [-0.05, 0) is 33.6 Å². The third-order valence-electron chi connectivity index (χ3n) is 3.54. The van der Waals surface area contributed by atoms with Gasteiger partial charge in [0.25, 0.3) is 0 Å². The molecular formula is C13H22N2O2. The van der Waals surface area contributed by atoms with Crippen LogP contribution in [0.15, 0.2) is 12.7 Å². The lowest BCUT2D eigenvalue weighted by Crippen LogP contribution is -2.62. The van der Waals surface area contributed by atoms with Crippen molar-refractivity contribution >= 4 is 6.09 Å². The highest BCUT2D eigenvalue weighted by Crippen LogP contribution is 2.38. The average molecular weight is 238 g/mol. The van der Waals surface area contributed by atoms with Crippen LogP contribution in [-0.4, -0.2) is 41.3 Å². The topological polar surface area (TPSA) is 41.6 Å². The highest BCUT2D eigenvalue weighted by Gasteiger charge is 2.50. The van der Waals surface area contributed by atoms with E-state index in [-0.39, 0.29) is 17.7 Å². The maximum absolute atomic E-state index is 12.3. The van der Waals surface area contributed by atoms with Crippen molar-refractivity contribution in [1.82, 2.24) is 10.2 Å². The lowest BCUT2D eigenvalue weighted by molar-refractivity contribution is -0.000641. The second-order valence-corrected chi connectivity index (χ2v) is 5.98. The van der Waals surface area contributed by atoms with Gasteiger partial charge in [-0.1, -0.05) is 6.08 Å². The van der Waals surface area contributed by atoms with E-state index < -0.39 is 5.60 Å². The van der Waals surface area contributed by atoms with Crippen LogP contribution in [0, 0.1) is 0 Å². The molecule has 0 spiro atoms. The molecule has 0 radical (unpaired) electrons. The Bertz CT molecular complexity index is 331. The first-order chi connectivity index (χ1) is 7.88. The Morgan fingerprint density at radius 1 is 1.59 bits per heavy atom. The van der Waals surface area contributed by atoms with Gasteiger partial charge >= 0.3 is 6.09 Å². The number of nitrogens with zero attached hydrogens (tertiary/aromatic N) is 1. The molecule has 1 N–H and O–H groups in total. The molecule has 2 rings (SSSR count). The summed E-state index contributed by atoms with van der Waals surface area (Å²) in [5, 5.41) is 3.37. The van der Waals surface area contributed by atoms with E-state index in [1.54, 1.807) is 0 Å². The summed E-state index contributed by atoms with van der Waals surface area (Å²) in [7, 11) is 0. The van der Waals surface area contributed by atoms with Crippen LogP contribution in [-0.2, 0) is 4.74 Å². The molecule has 2 saturated heterocycles. The van der Waals surface area contributed by atoms with Crippen LogP contribution in [0.1, 0.15) is 33.6 Å². The van der Waals surface area contributed by atoms with Crippen molar-refractivity contribution in [2.24, 2.45) is 0 Å². The molecule has 2 bridgehead atoms. The fraction of sp³-hybridized carbons (Fsp3) is 0.769. The summed E-state index contributed by atoms with van der Waals surface area (Å²) in [6, 6.07) is 0.247. The zero-order valence-corrected chi connectivity index (χ0v) is 11.0. The van der Waals surface area contributed by atoms with Crippen molar-refractivity contribution in [2.75, 3.05) is 13.1 Å². The van der Waals surface area contributed by atoms with Crippen LogP contribution >= 0.6 is 0 Å². The molecule has 2 fully saturated rings. The molecule has 0 aromatic heterocycles. The highest BCUT2D eigenvalue weighted by atomic mass is 16.6. The van der Waals surface area contributed by atoms with Crippen molar-refractivity contribution in [3.8, 4) is 0 Å². The fourth-order valence-electron chi connectivity index (χ4n) is 2.77. The number of hydrogen-bond acceptors (Lipinski definition) is 3. The molecule has 2 unspecified atom stereocenters. The van der Waals surface area contributed by atoms with E-state index in [4.69, 9.17) is 4.74 Å². The van der Waals surface area contributed by atoms with Gasteiger partial charge in [0.2, 0.25) is 0 Å². The lowest BCUT2D eigenvalue weighted by atomic mass is 9.96. The zero-order valence-electron chi connectivity index (χ0n) is 11.0. The Labute approximate surface area is 103 Å². The van der Waals surface area contributed by atoms with E-state index in [0.717, 1.165) is 25.9 Å². The number of hydrogen-bond donors (Lipinski definition) is 1. The maximum Gasteiger partial charge on any atom is 0.411 e. The zero-order chi connectivity index (χ0) is 12.7. The maximum atomic E-state index is 12.3. The molecule has 96 valence electrons. The van der Waals surface area contributed by atoms with Crippen LogP contribution in [0.4, 0.5) is 4.79 Å². The van der Waals surface area contributed by atoms with E-state index in [2.05, 4.69) is 11.9 Å². The summed E-state index contributed by atoms with van der Waals surface area (Å²) in [4.78, 5) is 14.2. The summed E-state index contributed by atoms with van der Waals surface area (Å²) in [5.74, 6) is 0. The predicted molar refractivity (Wildman–Crippen MR) is 66.9 cm³/mol. The minimum atomic E-state index is -0.441. The predicted octanol–water partition coefficient (Wildman–Crippen LogP) is 1.91. The number of fused-ring (bicyclic) bond motifs is 2. The van der Waals surface area contributed by atoms with Gasteiger partial charge in [0.05, 0.1) is 5.54 Å². The number of carbonyl (C=O) groups is 1. The Morgan fingerprint density at radius 2 is 2.29 bits per heavy atom. The average Bonchev–Trinajstić information content (AvgIpc) is 2.44. The quantitative estimate of drug-likeness (QED) is 0.710. The molecule has 0 saturated carbocycles. The largest absolute Gasteiger partial charge is 0.444 e. The first kappa shape index (κ1) is 12.4. The monoisotopic (exact) mass is 238 g/mol. The van der Waals surface area contributed by atoms with Crippen LogP contribution in [0.5, 0.6) is 0 Å². The van der Waals surface area contributed by atoms with Crippen molar-refractivity contribution in [2.45, 2.75) is 50.8 Å². The van der Waals surface area contributed by atoms with Crippen molar-refractivity contribution in [3.05, 3.63) is 12.7 Å². The van der Waals surface area contributed by atoms with Crippen molar-refractivity contribution in [1.29, 1.82) is 0 Å². The van der Waals surface area contributed by atoms with Crippen LogP contribution in [0.3, 0.4) is 0 Å². The summed E-state index contributed by atoms with van der Waals surface area (Å²) in [5.41, 5.74) is -0.686. The summed E-state index contributed by atoms with van der Waals surface area (Å²) in [6.45, 7) is 11.2. The van der Waals surface area contributed by atoms with Crippen molar-refractivity contribution < 1.29 is 9.53 Å². The van der Waals surface area contributed by atoms with Gasteiger partial charge in [0.1, 0.15) is 5.60 Å². The molecule has 4 nitrogen and oxygen atoms in total. The standard InChI is InChI=1S/C13H22N2O2/c1-5-13-7-6-10(8-14-9-13)15(13)11(16)17-12(2,3)4/h5,10,14H,1,6-9H2,2-4H3. The van der Waals surface area contributed by atoms with Gasteiger partial charge in [0, 0.05) is 19.1 Å². The van der Waals surface area contributed by atoms with Crippen LogP contribution < -0.4 is 5.32 Å². The van der Waals surface area contributed by atoms with Crippen molar-refractivity contribution in [3.63, 3.8) is 0 Å². The normalized spacial score (nSPS) is 32.4. The molecule has 2 atom stereocenters. The molecule has 0 aromatic carbocycles. The lowest BCUT2D eigenvalue weighted by Gasteiger charge is -2.43. The molecule has 0 aromatic rings. The van der Waals surface area contributed by atoms with Crippen LogP contribution in [0.2, 0.25) is 0 Å². The Balaban J connectivity index is 2.19. The van der Waals surface area contributed by atoms with E-state index in [1.165, 1.54) is 0 Å². The molecule has 4 heteroatoms. The Morgan fingerprint density at radius 3 is 2.88 bits per heavy atom. The fourth-order valence-corrected chi connectivity index (χ4v) is 2.77. The third kappa shape index (κ3) is 2.18. The first-order valence-corrected chi connectivity index (χ1v) is 6.25. The van der Waals surface area contributed by atoms with Gasteiger partial charge in [0.15, 0.2) is 0 Å². The van der Waals surface area contributed by atoms with Gasteiger partial charge < -0.3 is 10.1 Å². The number of ether oxygens (including phenoxy) is 1. The number of amides is 1. The molecule has 2 heterocycles. The summed E-state index contributed by atoms with van der Waals surface area (Å²) >= 11 is 0. The Kier molecular flexibility index (Phi) is 2.94. The van der Waals surface area contributed by atoms with Gasteiger partial charge in [-0.2, -0.15) is 0 Å². The molecule has 2 aliphatic rings. The number of piperazine rings is 1. The third-order valence-corrected chi connectivity index (χ3v) is 3.54. The number of carbonyl (C=O) groups excluding carboxylic acids is 1. The molecular weight excluding hydrogens is 216 g/mol. The smallest absolute Gasteiger partial charge is 0.411 e. The van der Waals surface area contributed by atoms with E-state index in [1.807, 2.05) is 31.7 Å². The van der Waals surface area contributed by atoms with Gasteiger partial charge in [-0.3, -0.25) is 4.90 Å². The van der Waals surface area contributed by atoms with E-state index >= 15 is 0 Å².